The molecular formula is C17H30N4O. The summed E-state index contributed by atoms with van der Waals surface area (Å²) in [5.74, 6) is 3.43. The summed E-state index contributed by atoms with van der Waals surface area (Å²) in [6.07, 6.45) is 2.20. The van der Waals surface area contributed by atoms with Crippen molar-refractivity contribution in [2.45, 2.75) is 47.5 Å². The van der Waals surface area contributed by atoms with Crippen molar-refractivity contribution in [2.24, 2.45) is 16.8 Å². The van der Waals surface area contributed by atoms with E-state index in [0.29, 0.717) is 0 Å². The SMILES string of the molecule is CCNC(=NCCc1c(C)noc1C)N1CC(C)CC(C)C1. The first-order valence-electron chi connectivity index (χ1n) is 8.46. The van der Waals surface area contributed by atoms with Crippen LogP contribution in [0.5, 0.6) is 0 Å². The first-order valence-corrected chi connectivity index (χ1v) is 8.46. The van der Waals surface area contributed by atoms with Crippen LogP contribution in [0.3, 0.4) is 0 Å². The first-order chi connectivity index (χ1) is 10.5. The Bertz CT molecular complexity index is 479. The van der Waals surface area contributed by atoms with E-state index in [2.05, 4.69) is 36.1 Å². The van der Waals surface area contributed by atoms with E-state index in [1.54, 1.807) is 0 Å². The molecule has 0 amide bonds. The number of aromatic nitrogens is 1. The molecule has 2 rings (SSSR count). The van der Waals surface area contributed by atoms with Gasteiger partial charge in [0.2, 0.25) is 0 Å². The van der Waals surface area contributed by atoms with Gasteiger partial charge in [-0.1, -0.05) is 19.0 Å². The van der Waals surface area contributed by atoms with E-state index < -0.39 is 0 Å². The van der Waals surface area contributed by atoms with Gasteiger partial charge < -0.3 is 14.7 Å². The van der Waals surface area contributed by atoms with Crippen molar-refractivity contribution < 1.29 is 4.52 Å². The number of aliphatic imine (C=N–C) groups is 1. The lowest BCUT2D eigenvalue weighted by Crippen LogP contribution is -2.48. The summed E-state index contributed by atoms with van der Waals surface area (Å²) in [5.41, 5.74) is 2.18. The molecule has 0 aliphatic carbocycles. The lowest BCUT2D eigenvalue weighted by molar-refractivity contribution is 0.208. The lowest BCUT2D eigenvalue weighted by Gasteiger charge is -2.37. The van der Waals surface area contributed by atoms with Crippen molar-refractivity contribution in [2.75, 3.05) is 26.2 Å². The topological polar surface area (TPSA) is 53.7 Å². The van der Waals surface area contributed by atoms with Gasteiger partial charge in [-0.2, -0.15) is 0 Å². The smallest absolute Gasteiger partial charge is 0.193 e. The molecule has 1 aliphatic heterocycles. The van der Waals surface area contributed by atoms with E-state index in [0.717, 1.165) is 61.8 Å². The van der Waals surface area contributed by atoms with Gasteiger partial charge in [-0.15, -0.1) is 0 Å². The highest BCUT2D eigenvalue weighted by Gasteiger charge is 2.23. The molecule has 0 aromatic carbocycles. The summed E-state index contributed by atoms with van der Waals surface area (Å²) < 4.78 is 5.22. The van der Waals surface area contributed by atoms with Crippen LogP contribution in [-0.4, -0.2) is 42.2 Å². The van der Waals surface area contributed by atoms with Crippen LogP contribution in [0.15, 0.2) is 9.52 Å². The Hall–Kier alpha value is -1.52. The summed E-state index contributed by atoms with van der Waals surface area (Å²) in [6, 6.07) is 0. The number of nitrogens with zero attached hydrogens (tertiary/aromatic N) is 3. The molecule has 2 atom stereocenters. The Morgan fingerprint density at radius 2 is 2.00 bits per heavy atom. The second-order valence-electron chi connectivity index (χ2n) is 6.64. The number of rotatable bonds is 4. The number of guanidine groups is 1. The maximum absolute atomic E-state index is 5.22. The van der Waals surface area contributed by atoms with E-state index in [1.807, 2.05) is 13.8 Å². The van der Waals surface area contributed by atoms with E-state index >= 15 is 0 Å². The molecule has 0 radical (unpaired) electrons. The number of hydrogen-bond donors (Lipinski definition) is 1. The van der Waals surface area contributed by atoms with Gasteiger partial charge in [-0.25, -0.2) is 0 Å². The standard InChI is InChI=1S/C17H30N4O/c1-6-18-17(21-10-12(2)9-13(3)11-21)19-8-7-16-14(4)20-22-15(16)5/h12-13H,6-11H2,1-5H3,(H,18,19). The predicted octanol–water partition coefficient (Wildman–Crippen LogP) is 2.78. The van der Waals surface area contributed by atoms with Gasteiger partial charge in [-0.3, -0.25) is 4.99 Å². The molecular weight excluding hydrogens is 276 g/mol. The van der Waals surface area contributed by atoms with Crippen LogP contribution in [0.4, 0.5) is 0 Å². The van der Waals surface area contributed by atoms with Crippen LogP contribution in [0.1, 0.15) is 44.2 Å². The zero-order valence-corrected chi connectivity index (χ0v) is 14.6. The average molecular weight is 306 g/mol. The third kappa shape index (κ3) is 4.24. The highest BCUT2D eigenvalue weighted by Crippen LogP contribution is 2.21. The van der Waals surface area contributed by atoms with Gasteiger partial charge in [0.1, 0.15) is 5.76 Å². The fraction of sp³-hybridized carbons (Fsp3) is 0.765. The Kier molecular flexibility index (Phi) is 5.86. The molecule has 1 fully saturated rings. The third-order valence-electron chi connectivity index (χ3n) is 4.31. The molecule has 1 aromatic heterocycles. The molecule has 2 heterocycles. The number of likely N-dealkylation sites (tertiary alicyclic amines) is 1. The molecule has 2 unspecified atom stereocenters. The van der Waals surface area contributed by atoms with Crippen molar-refractivity contribution >= 4 is 5.96 Å². The van der Waals surface area contributed by atoms with Crippen LogP contribution in [0.25, 0.3) is 0 Å². The van der Waals surface area contributed by atoms with Crippen LogP contribution >= 0.6 is 0 Å². The van der Waals surface area contributed by atoms with Crippen LogP contribution in [-0.2, 0) is 6.42 Å². The zero-order valence-electron chi connectivity index (χ0n) is 14.6. The summed E-state index contributed by atoms with van der Waals surface area (Å²) in [5, 5.41) is 7.45. The summed E-state index contributed by atoms with van der Waals surface area (Å²) in [6.45, 7) is 14.6. The van der Waals surface area contributed by atoms with Crippen LogP contribution < -0.4 is 5.32 Å². The molecule has 5 nitrogen and oxygen atoms in total. The largest absolute Gasteiger partial charge is 0.361 e. The number of hydrogen-bond acceptors (Lipinski definition) is 3. The van der Waals surface area contributed by atoms with Gasteiger partial charge in [0, 0.05) is 31.7 Å². The quantitative estimate of drug-likeness (QED) is 0.686. The maximum Gasteiger partial charge on any atom is 0.193 e. The minimum atomic E-state index is 0.732. The van der Waals surface area contributed by atoms with E-state index in [1.165, 1.54) is 12.0 Å². The Balaban J connectivity index is 2.00. The second-order valence-corrected chi connectivity index (χ2v) is 6.64. The predicted molar refractivity (Wildman–Crippen MR) is 90.2 cm³/mol. The molecule has 1 N–H and O–H groups in total. The second kappa shape index (κ2) is 7.65. The molecule has 0 bridgehead atoms. The maximum atomic E-state index is 5.22. The van der Waals surface area contributed by atoms with Crippen molar-refractivity contribution in [3.8, 4) is 0 Å². The fourth-order valence-corrected chi connectivity index (χ4v) is 3.39. The Labute approximate surface area is 134 Å². The summed E-state index contributed by atoms with van der Waals surface area (Å²) >= 11 is 0. The average Bonchev–Trinajstić information content (AvgIpc) is 2.77. The molecule has 124 valence electrons. The van der Waals surface area contributed by atoms with Gasteiger partial charge in [0.25, 0.3) is 0 Å². The zero-order chi connectivity index (χ0) is 16.1. The van der Waals surface area contributed by atoms with Crippen LogP contribution in [0.2, 0.25) is 0 Å². The number of aryl methyl sites for hydroxylation is 2. The molecule has 1 aromatic rings. The van der Waals surface area contributed by atoms with E-state index in [9.17, 15) is 0 Å². The highest BCUT2D eigenvalue weighted by atomic mass is 16.5. The van der Waals surface area contributed by atoms with Crippen molar-refractivity contribution in [3.63, 3.8) is 0 Å². The van der Waals surface area contributed by atoms with Gasteiger partial charge in [0.05, 0.1) is 5.69 Å². The van der Waals surface area contributed by atoms with Crippen molar-refractivity contribution in [3.05, 3.63) is 17.0 Å². The lowest BCUT2D eigenvalue weighted by atomic mass is 9.92. The molecule has 1 saturated heterocycles. The normalized spacial score (nSPS) is 23.0. The van der Waals surface area contributed by atoms with E-state index in [4.69, 9.17) is 9.52 Å². The van der Waals surface area contributed by atoms with Crippen molar-refractivity contribution in [1.82, 2.24) is 15.4 Å². The fourth-order valence-electron chi connectivity index (χ4n) is 3.39. The number of nitrogens with one attached hydrogen (secondary N) is 1. The number of piperidine rings is 1. The molecule has 5 heteroatoms. The summed E-state index contributed by atoms with van der Waals surface area (Å²) in [7, 11) is 0. The Morgan fingerprint density at radius 1 is 1.32 bits per heavy atom. The summed E-state index contributed by atoms with van der Waals surface area (Å²) in [4.78, 5) is 7.24. The third-order valence-corrected chi connectivity index (χ3v) is 4.31. The van der Waals surface area contributed by atoms with Gasteiger partial charge in [-0.05, 0) is 45.4 Å². The van der Waals surface area contributed by atoms with Crippen molar-refractivity contribution in [1.29, 1.82) is 0 Å². The van der Waals surface area contributed by atoms with E-state index in [-0.39, 0.29) is 0 Å². The van der Waals surface area contributed by atoms with Crippen LogP contribution in [0, 0.1) is 25.7 Å². The highest BCUT2D eigenvalue weighted by molar-refractivity contribution is 5.80. The Morgan fingerprint density at radius 3 is 2.55 bits per heavy atom. The molecule has 0 spiro atoms. The van der Waals surface area contributed by atoms with Gasteiger partial charge in [0.15, 0.2) is 5.96 Å². The molecule has 1 aliphatic rings. The minimum absolute atomic E-state index is 0.732. The minimum Gasteiger partial charge on any atom is -0.361 e. The van der Waals surface area contributed by atoms with Gasteiger partial charge >= 0.3 is 0 Å². The first kappa shape index (κ1) is 16.8. The molecule has 0 saturated carbocycles. The molecule has 22 heavy (non-hydrogen) atoms. The monoisotopic (exact) mass is 306 g/mol.